The van der Waals surface area contributed by atoms with Crippen molar-refractivity contribution in [3.8, 4) is 0 Å². The third kappa shape index (κ3) is 3.17. The van der Waals surface area contributed by atoms with Gasteiger partial charge in [0.2, 0.25) is 0 Å². The number of aliphatic imine (C=N–C) groups is 1. The van der Waals surface area contributed by atoms with Crippen molar-refractivity contribution >= 4 is 23.4 Å². The van der Waals surface area contributed by atoms with E-state index in [2.05, 4.69) is 9.89 Å². The molecule has 1 aliphatic heterocycles. The number of hydrogen-bond acceptors (Lipinski definition) is 2. The minimum Gasteiger partial charge on any atom is -0.369 e. The van der Waals surface area contributed by atoms with E-state index in [9.17, 15) is 0 Å². The zero-order valence-electron chi connectivity index (χ0n) is 9.30. The Morgan fingerprint density at radius 1 is 1.19 bits per heavy atom. The van der Waals surface area contributed by atoms with Gasteiger partial charge >= 0.3 is 0 Å². The van der Waals surface area contributed by atoms with Gasteiger partial charge in [0.1, 0.15) is 0 Å². The van der Waals surface area contributed by atoms with Crippen LogP contribution < -0.4 is 5.73 Å². The molecule has 0 aromatic heterocycles. The Hall–Kier alpha value is -1.16. The second kappa shape index (κ2) is 5.80. The molecule has 0 aliphatic carbocycles. The largest absolute Gasteiger partial charge is 0.369 e. The standard InChI is InChI=1S/C12H17N3S/c13-12(14-11-5-2-1-3-6-11)15-7-4-9-16-10-8-15/h1-3,5-6H,4,7-10H2,(H2,13,14). The second-order valence-electron chi connectivity index (χ2n) is 3.76. The first-order valence-electron chi connectivity index (χ1n) is 5.58. The van der Waals surface area contributed by atoms with E-state index >= 15 is 0 Å². The highest BCUT2D eigenvalue weighted by Gasteiger charge is 2.10. The monoisotopic (exact) mass is 235 g/mol. The van der Waals surface area contributed by atoms with Gasteiger partial charge in [0.05, 0.1) is 5.69 Å². The number of nitrogens with zero attached hydrogens (tertiary/aromatic N) is 2. The zero-order valence-corrected chi connectivity index (χ0v) is 10.1. The normalized spacial score (nSPS) is 18.2. The van der Waals surface area contributed by atoms with Crippen molar-refractivity contribution in [3.63, 3.8) is 0 Å². The van der Waals surface area contributed by atoms with Crippen molar-refractivity contribution < 1.29 is 0 Å². The smallest absolute Gasteiger partial charge is 0.196 e. The summed E-state index contributed by atoms with van der Waals surface area (Å²) >= 11 is 1.99. The lowest BCUT2D eigenvalue weighted by molar-refractivity contribution is 0.446. The summed E-state index contributed by atoms with van der Waals surface area (Å²) in [5.41, 5.74) is 6.94. The van der Waals surface area contributed by atoms with Crippen molar-refractivity contribution in [2.24, 2.45) is 10.7 Å². The molecule has 16 heavy (non-hydrogen) atoms. The summed E-state index contributed by atoms with van der Waals surface area (Å²) < 4.78 is 0. The average molecular weight is 235 g/mol. The van der Waals surface area contributed by atoms with Crippen molar-refractivity contribution in [3.05, 3.63) is 30.3 Å². The van der Waals surface area contributed by atoms with Crippen LogP contribution in [-0.2, 0) is 0 Å². The number of rotatable bonds is 1. The quantitative estimate of drug-likeness (QED) is 0.598. The number of benzene rings is 1. The Labute approximate surface area is 101 Å². The van der Waals surface area contributed by atoms with Crippen LogP contribution in [0.15, 0.2) is 35.3 Å². The van der Waals surface area contributed by atoms with Crippen molar-refractivity contribution in [1.29, 1.82) is 0 Å². The summed E-state index contributed by atoms with van der Waals surface area (Å²) in [5, 5.41) is 0. The van der Waals surface area contributed by atoms with E-state index in [4.69, 9.17) is 5.73 Å². The van der Waals surface area contributed by atoms with Crippen LogP contribution in [0.2, 0.25) is 0 Å². The average Bonchev–Trinajstić information content (AvgIpc) is 2.59. The van der Waals surface area contributed by atoms with Gasteiger partial charge in [0.15, 0.2) is 5.96 Å². The molecule has 0 amide bonds. The molecule has 0 atom stereocenters. The molecule has 0 bridgehead atoms. The molecule has 0 saturated carbocycles. The molecule has 1 heterocycles. The molecule has 1 aliphatic rings. The predicted octanol–water partition coefficient (Wildman–Crippen LogP) is 2.07. The number of guanidine groups is 1. The Morgan fingerprint density at radius 3 is 2.81 bits per heavy atom. The topological polar surface area (TPSA) is 41.6 Å². The predicted molar refractivity (Wildman–Crippen MR) is 71.2 cm³/mol. The summed E-state index contributed by atoms with van der Waals surface area (Å²) in [6, 6.07) is 9.88. The summed E-state index contributed by atoms with van der Waals surface area (Å²) in [4.78, 5) is 6.61. The minimum absolute atomic E-state index is 0.647. The molecule has 2 N–H and O–H groups in total. The maximum Gasteiger partial charge on any atom is 0.196 e. The van der Waals surface area contributed by atoms with Crippen molar-refractivity contribution in [1.82, 2.24) is 4.90 Å². The fraction of sp³-hybridized carbons (Fsp3) is 0.417. The van der Waals surface area contributed by atoms with E-state index in [0.717, 1.165) is 24.5 Å². The lowest BCUT2D eigenvalue weighted by Crippen LogP contribution is -2.38. The van der Waals surface area contributed by atoms with Gasteiger partial charge in [-0.3, -0.25) is 0 Å². The Morgan fingerprint density at radius 2 is 2.00 bits per heavy atom. The summed E-state index contributed by atoms with van der Waals surface area (Å²) in [7, 11) is 0. The molecule has 0 unspecified atom stereocenters. The van der Waals surface area contributed by atoms with E-state index in [1.807, 2.05) is 42.1 Å². The first kappa shape index (κ1) is 11.3. The molecule has 86 valence electrons. The van der Waals surface area contributed by atoms with Crippen LogP contribution in [0.1, 0.15) is 6.42 Å². The van der Waals surface area contributed by atoms with Gasteiger partial charge in [-0.15, -0.1) is 0 Å². The Balaban J connectivity index is 2.05. The Bertz CT molecular complexity index is 343. The summed E-state index contributed by atoms with van der Waals surface area (Å²) in [6.45, 7) is 2.03. The molecule has 1 aromatic rings. The lowest BCUT2D eigenvalue weighted by Gasteiger charge is -2.20. The van der Waals surface area contributed by atoms with Gasteiger partial charge in [0.25, 0.3) is 0 Å². The molecule has 2 rings (SSSR count). The van der Waals surface area contributed by atoms with Gasteiger partial charge in [-0.2, -0.15) is 11.8 Å². The molecule has 1 aromatic carbocycles. The number of para-hydroxylation sites is 1. The third-order valence-corrected chi connectivity index (χ3v) is 3.59. The fourth-order valence-corrected chi connectivity index (χ4v) is 2.57. The van der Waals surface area contributed by atoms with Crippen LogP contribution in [0.5, 0.6) is 0 Å². The third-order valence-electron chi connectivity index (χ3n) is 2.55. The van der Waals surface area contributed by atoms with E-state index in [1.165, 1.54) is 12.2 Å². The Kier molecular flexibility index (Phi) is 4.10. The highest BCUT2D eigenvalue weighted by atomic mass is 32.2. The van der Waals surface area contributed by atoms with Crippen LogP contribution in [0.4, 0.5) is 5.69 Å². The summed E-state index contributed by atoms with van der Waals surface area (Å²) in [5.74, 6) is 3.02. The molecule has 0 radical (unpaired) electrons. The van der Waals surface area contributed by atoms with E-state index in [1.54, 1.807) is 0 Å². The van der Waals surface area contributed by atoms with Crippen LogP contribution in [0.25, 0.3) is 0 Å². The molecule has 3 nitrogen and oxygen atoms in total. The zero-order chi connectivity index (χ0) is 11.2. The number of hydrogen-bond donors (Lipinski definition) is 1. The van der Waals surface area contributed by atoms with Crippen LogP contribution in [0, 0.1) is 0 Å². The fourth-order valence-electron chi connectivity index (χ4n) is 1.68. The van der Waals surface area contributed by atoms with Crippen LogP contribution in [0.3, 0.4) is 0 Å². The number of nitrogens with two attached hydrogens (primary N) is 1. The maximum absolute atomic E-state index is 6.02. The lowest BCUT2D eigenvalue weighted by atomic mass is 10.3. The maximum atomic E-state index is 6.02. The molecule has 1 fully saturated rings. The van der Waals surface area contributed by atoms with Crippen LogP contribution in [-0.4, -0.2) is 35.5 Å². The highest BCUT2D eigenvalue weighted by Crippen LogP contribution is 2.13. The van der Waals surface area contributed by atoms with Gasteiger partial charge < -0.3 is 10.6 Å². The van der Waals surface area contributed by atoms with Gasteiger partial charge in [-0.05, 0) is 24.3 Å². The molecular formula is C12H17N3S. The van der Waals surface area contributed by atoms with Gasteiger partial charge in [-0.1, -0.05) is 18.2 Å². The minimum atomic E-state index is 0.647. The molecule has 4 heteroatoms. The van der Waals surface area contributed by atoms with E-state index in [-0.39, 0.29) is 0 Å². The van der Waals surface area contributed by atoms with Crippen molar-refractivity contribution in [2.45, 2.75) is 6.42 Å². The van der Waals surface area contributed by atoms with Crippen LogP contribution >= 0.6 is 11.8 Å². The van der Waals surface area contributed by atoms with Gasteiger partial charge in [-0.25, -0.2) is 4.99 Å². The molecule has 0 spiro atoms. The molecule has 1 saturated heterocycles. The second-order valence-corrected chi connectivity index (χ2v) is 4.98. The first-order valence-corrected chi connectivity index (χ1v) is 6.73. The highest BCUT2D eigenvalue weighted by molar-refractivity contribution is 7.99. The molecular weight excluding hydrogens is 218 g/mol. The summed E-state index contributed by atoms with van der Waals surface area (Å²) in [6.07, 6.45) is 1.19. The van der Waals surface area contributed by atoms with E-state index < -0.39 is 0 Å². The van der Waals surface area contributed by atoms with Crippen molar-refractivity contribution in [2.75, 3.05) is 24.6 Å². The van der Waals surface area contributed by atoms with Gasteiger partial charge in [0, 0.05) is 18.8 Å². The SMILES string of the molecule is NC(=Nc1ccccc1)N1CCCSCC1. The first-order chi connectivity index (χ1) is 7.86. The number of thioether (sulfide) groups is 1. The van der Waals surface area contributed by atoms with E-state index in [0.29, 0.717) is 5.96 Å².